The summed E-state index contributed by atoms with van der Waals surface area (Å²) in [5.41, 5.74) is 0. The van der Waals surface area contributed by atoms with Crippen molar-refractivity contribution in [2.24, 2.45) is 0 Å². The van der Waals surface area contributed by atoms with Crippen molar-refractivity contribution in [1.29, 1.82) is 0 Å². The Morgan fingerprint density at radius 1 is 0.375 bits per heavy atom. The number of aliphatic hydroxyl groups excluding tert-OH is 2. The summed E-state index contributed by atoms with van der Waals surface area (Å²) in [6.45, 7) is 4.91. The van der Waals surface area contributed by atoms with Crippen LogP contribution in [0.2, 0.25) is 0 Å². The van der Waals surface area contributed by atoms with E-state index in [9.17, 15) is 19.8 Å². The van der Waals surface area contributed by atoms with Crippen LogP contribution in [-0.2, 0) is 14.3 Å². The molecule has 6 nitrogen and oxygen atoms in total. The summed E-state index contributed by atoms with van der Waals surface area (Å²) >= 11 is 0. The summed E-state index contributed by atoms with van der Waals surface area (Å²) in [6.07, 6.45) is 76.7. The van der Waals surface area contributed by atoms with Crippen molar-refractivity contribution in [1.82, 2.24) is 5.32 Å². The molecular formula is C66H127NO5. The van der Waals surface area contributed by atoms with E-state index in [1.54, 1.807) is 6.08 Å². The van der Waals surface area contributed by atoms with Crippen LogP contribution < -0.4 is 5.32 Å². The Labute approximate surface area is 450 Å². The average Bonchev–Trinajstić information content (AvgIpc) is 3.38. The molecule has 0 saturated heterocycles. The largest absolute Gasteiger partial charge is 0.466 e. The number of unbranched alkanes of at least 4 members (excludes halogenated alkanes) is 48. The van der Waals surface area contributed by atoms with E-state index >= 15 is 0 Å². The summed E-state index contributed by atoms with van der Waals surface area (Å²) in [7, 11) is 0. The second-order valence-corrected chi connectivity index (χ2v) is 22.5. The summed E-state index contributed by atoms with van der Waals surface area (Å²) in [5, 5.41) is 23.0. The molecule has 2 unspecified atom stereocenters. The van der Waals surface area contributed by atoms with Crippen LogP contribution >= 0.6 is 0 Å². The zero-order valence-corrected chi connectivity index (χ0v) is 48.7. The van der Waals surface area contributed by atoms with Gasteiger partial charge in [0.25, 0.3) is 0 Å². The highest BCUT2D eigenvalue weighted by Crippen LogP contribution is 2.18. The van der Waals surface area contributed by atoms with E-state index in [4.69, 9.17) is 4.74 Å². The third kappa shape index (κ3) is 57.6. The fourth-order valence-electron chi connectivity index (χ4n) is 10.2. The minimum Gasteiger partial charge on any atom is -0.466 e. The number of rotatable bonds is 61. The SMILES string of the molecule is CCCCCCCC/C=C\CCCCCCCCCCCC(=O)OCCCCCCCCCCCCCCCCCCCCCCCCCCCC(=O)NC(CO)C(O)/C=C/CCCCCCCCCCC. The van der Waals surface area contributed by atoms with E-state index in [-0.39, 0.29) is 18.5 Å². The van der Waals surface area contributed by atoms with Crippen LogP contribution in [0.15, 0.2) is 24.3 Å². The molecule has 0 aromatic carbocycles. The lowest BCUT2D eigenvalue weighted by Gasteiger charge is -2.20. The van der Waals surface area contributed by atoms with E-state index in [0.29, 0.717) is 19.4 Å². The Balaban J connectivity index is 3.33. The number of allylic oxidation sites excluding steroid dienone is 3. The maximum atomic E-state index is 12.4. The number of amides is 1. The molecule has 0 aromatic heterocycles. The van der Waals surface area contributed by atoms with E-state index in [2.05, 4.69) is 31.3 Å². The maximum absolute atomic E-state index is 12.4. The molecule has 0 fully saturated rings. The van der Waals surface area contributed by atoms with Crippen LogP contribution in [0, 0.1) is 0 Å². The highest BCUT2D eigenvalue weighted by molar-refractivity contribution is 5.76. The molecule has 0 saturated carbocycles. The smallest absolute Gasteiger partial charge is 0.305 e. The minimum absolute atomic E-state index is 0.0159. The Kier molecular flexibility index (Phi) is 60.5. The number of carbonyl (C=O) groups is 2. The number of ether oxygens (including phenoxy) is 1. The van der Waals surface area contributed by atoms with Crippen LogP contribution in [0.25, 0.3) is 0 Å². The van der Waals surface area contributed by atoms with Crippen molar-refractivity contribution in [3.8, 4) is 0 Å². The maximum Gasteiger partial charge on any atom is 0.305 e. The van der Waals surface area contributed by atoms with Crippen molar-refractivity contribution in [3.63, 3.8) is 0 Å². The van der Waals surface area contributed by atoms with Crippen molar-refractivity contribution < 1.29 is 24.5 Å². The summed E-state index contributed by atoms with van der Waals surface area (Å²) < 4.78 is 5.51. The fraction of sp³-hybridized carbons (Fsp3) is 0.909. The zero-order chi connectivity index (χ0) is 52.2. The molecule has 0 radical (unpaired) electrons. The van der Waals surface area contributed by atoms with Gasteiger partial charge in [0.2, 0.25) is 5.91 Å². The third-order valence-electron chi connectivity index (χ3n) is 15.2. The van der Waals surface area contributed by atoms with Gasteiger partial charge in [-0.15, -0.1) is 0 Å². The van der Waals surface area contributed by atoms with Gasteiger partial charge >= 0.3 is 5.97 Å². The van der Waals surface area contributed by atoms with Crippen LogP contribution in [-0.4, -0.2) is 47.4 Å². The number of aliphatic hydroxyl groups is 2. The van der Waals surface area contributed by atoms with Gasteiger partial charge in [0.05, 0.1) is 25.4 Å². The first-order valence-corrected chi connectivity index (χ1v) is 32.6. The molecule has 0 bridgehead atoms. The predicted octanol–water partition coefficient (Wildman–Crippen LogP) is 20.6. The summed E-state index contributed by atoms with van der Waals surface area (Å²) in [6, 6.07) is -0.625. The second kappa shape index (κ2) is 61.9. The number of nitrogens with one attached hydrogen (secondary N) is 1. The highest BCUT2D eigenvalue weighted by atomic mass is 16.5. The van der Waals surface area contributed by atoms with Gasteiger partial charge < -0.3 is 20.3 Å². The molecule has 72 heavy (non-hydrogen) atoms. The molecular weight excluding hydrogens is 887 g/mol. The van der Waals surface area contributed by atoms with Crippen molar-refractivity contribution in [2.45, 2.75) is 373 Å². The Bertz CT molecular complexity index is 1120. The van der Waals surface area contributed by atoms with Gasteiger partial charge in [0, 0.05) is 12.8 Å². The lowest BCUT2D eigenvalue weighted by Crippen LogP contribution is -2.45. The van der Waals surface area contributed by atoms with Crippen LogP contribution in [0.5, 0.6) is 0 Å². The first kappa shape index (κ1) is 70.3. The quantitative estimate of drug-likeness (QED) is 0.0320. The molecule has 0 aliphatic carbocycles. The Morgan fingerprint density at radius 2 is 0.653 bits per heavy atom. The van der Waals surface area contributed by atoms with Crippen molar-refractivity contribution >= 4 is 11.9 Å². The lowest BCUT2D eigenvalue weighted by atomic mass is 10.0. The fourth-order valence-corrected chi connectivity index (χ4v) is 10.2. The first-order chi connectivity index (χ1) is 35.5. The summed E-state index contributed by atoms with van der Waals surface area (Å²) in [5.74, 6) is -0.0503. The second-order valence-electron chi connectivity index (χ2n) is 22.5. The van der Waals surface area contributed by atoms with Gasteiger partial charge in [-0.1, -0.05) is 314 Å². The van der Waals surface area contributed by atoms with E-state index in [0.717, 1.165) is 38.5 Å². The molecule has 0 rings (SSSR count). The minimum atomic E-state index is -0.841. The van der Waals surface area contributed by atoms with Gasteiger partial charge in [0.1, 0.15) is 0 Å². The van der Waals surface area contributed by atoms with Gasteiger partial charge in [-0.2, -0.15) is 0 Å². The average molecular weight is 1010 g/mol. The molecule has 0 aromatic rings. The molecule has 6 heteroatoms. The van der Waals surface area contributed by atoms with Gasteiger partial charge in [-0.25, -0.2) is 0 Å². The molecule has 0 aliphatic rings. The highest BCUT2D eigenvalue weighted by Gasteiger charge is 2.18. The molecule has 1 amide bonds. The first-order valence-electron chi connectivity index (χ1n) is 32.6. The van der Waals surface area contributed by atoms with Crippen LogP contribution in [0.3, 0.4) is 0 Å². The molecule has 0 aliphatic heterocycles. The topological polar surface area (TPSA) is 95.9 Å². The Morgan fingerprint density at radius 3 is 0.986 bits per heavy atom. The van der Waals surface area contributed by atoms with E-state index in [1.165, 1.54) is 295 Å². The summed E-state index contributed by atoms with van der Waals surface area (Å²) in [4.78, 5) is 24.5. The third-order valence-corrected chi connectivity index (χ3v) is 15.2. The van der Waals surface area contributed by atoms with Crippen LogP contribution in [0.4, 0.5) is 0 Å². The molecule has 2 atom stereocenters. The number of hydrogen-bond donors (Lipinski definition) is 3. The zero-order valence-electron chi connectivity index (χ0n) is 48.7. The molecule has 0 heterocycles. The van der Waals surface area contributed by atoms with Crippen LogP contribution in [0.1, 0.15) is 361 Å². The predicted molar refractivity (Wildman–Crippen MR) is 315 cm³/mol. The molecule has 0 spiro atoms. The standard InChI is InChI=1S/C66H127NO5/c1-3-5-7-9-11-13-15-16-17-18-26-30-33-36-40-44-48-52-56-60-66(71)72-61-57-53-49-45-41-37-34-31-28-25-23-21-19-20-22-24-27-29-32-35-39-43-47-51-55-59-65(70)67-63(62-68)64(69)58-54-50-46-42-38-14-12-10-8-6-4-2/h16-17,54,58,63-64,68-69H,3-15,18-53,55-57,59-62H2,1-2H3,(H,67,70)/b17-16-,58-54+. The van der Waals surface area contributed by atoms with Gasteiger partial charge in [-0.05, 0) is 57.8 Å². The number of esters is 1. The van der Waals surface area contributed by atoms with Crippen molar-refractivity contribution in [2.75, 3.05) is 13.2 Å². The van der Waals surface area contributed by atoms with Crippen molar-refractivity contribution in [3.05, 3.63) is 24.3 Å². The Hall–Kier alpha value is -1.66. The number of hydrogen-bond acceptors (Lipinski definition) is 5. The van der Waals surface area contributed by atoms with Gasteiger partial charge in [-0.3, -0.25) is 9.59 Å². The number of carbonyl (C=O) groups excluding carboxylic acids is 2. The lowest BCUT2D eigenvalue weighted by molar-refractivity contribution is -0.143. The monoisotopic (exact) mass is 1010 g/mol. The molecule has 426 valence electrons. The van der Waals surface area contributed by atoms with Gasteiger partial charge in [0.15, 0.2) is 0 Å². The molecule has 3 N–H and O–H groups in total. The normalized spacial score (nSPS) is 12.7. The van der Waals surface area contributed by atoms with E-state index in [1.807, 2.05) is 6.08 Å². The van der Waals surface area contributed by atoms with E-state index < -0.39 is 12.1 Å².